The highest BCUT2D eigenvalue weighted by atomic mass is 16.5. The van der Waals surface area contributed by atoms with E-state index in [9.17, 15) is 9.59 Å². The van der Waals surface area contributed by atoms with Crippen LogP contribution in [0.4, 0.5) is 0 Å². The van der Waals surface area contributed by atoms with Crippen LogP contribution in [0.15, 0.2) is 24.3 Å². The number of ether oxygens (including phenoxy) is 2. The number of methoxy groups -OCH3 is 1. The number of nitrogens with zero attached hydrogens (tertiary/aromatic N) is 1. The zero-order valence-corrected chi connectivity index (χ0v) is 12.3. The summed E-state index contributed by atoms with van der Waals surface area (Å²) in [6, 6.07) is 7.08. The second kappa shape index (κ2) is 6.97. The van der Waals surface area contributed by atoms with Crippen molar-refractivity contribution in [3.05, 3.63) is 24.3 Å². The van der Waals surface area contributed by atoms with Crippen LogP contribution in [0.2, 0.25) is 0 Å². The number of nitrogens with one attached hydrogen (secondary N) is 1. The van der Waals surface area contributed by atoms with E-state index in [-0.39, 0.29) is 11.8 Å². The molecule has 1 aromatic carbocycles. The number of hydrogen-bond donors (Lipinski definition) is 1. The summed E-state index contributed by atoms with van der Waals surface area (Å²) in [4.78, 5) is 25.3. The first-order valence-corrected chi connectivity index (χ1v) is 6.96. The molecule has 6 heteroatoms. The van der Waals surface area contributed by atoms with Crippen LogP contribution >= 0.6 is 0 Å². The van der Waals surface area contributed by atoms with Crippen LogP contribution < -0.4 is 14.8 Å². The van der Waals surface area contributed by atoms with E-state index in [1.165, 1.54) is 0 Å². The Morgan fingerprint density at radius 2 is 1.90 bits per heavy atom. The van der Waals surface area contributed by atoms with Gasteiger partial charge in [0.05, 0.1) is 7.11 Å². The summed E-state index contributed by atoms with van der Waals surface area (Å²) in [6.07, 6.45) is -0.257. The Hall–Kier alpha value is -2.24. The van der Waals surface area contributed by atoms with Crippen LogP contribution in [0.3, 0.4) is 0 Å². The first kappa shape index (κ1) is 15.2. The smallest absolute Gasteiger partial charge is 0.263 e. The van der Waals surface area contributed by atoms with Gasteiger partial charge in [0.15, 0.2) is 6.10 Å². The zero-order chi connectivity index (χ0) is 15.2. The molecule has 1 unspecified atom stereocenters. The molecule has 114 valence electrons. The van der Waals surface area contributed by atoms with E-state index >= 15 is 0 Å². The second-order valence-corrected chi connectivity index (χ2v) is 4.86. The first-order valence-electron chi connectivity index (χ1n) is 6.96. The van der Waals surface area contributed by atoms with Crippen LogP contribution in [0.5, 0.6) is 11.5 Å². The molecule has 0 aromatic heterocycles. The van der Waals surface area contributed by atoms with Gasteiger partial charge in [0, 0.05) is 26.1 Å². The van der Waals surface area contributed by atoms with Crippen molar-refractivity contribution >= 4 is 11.8 Å². The molecule has 6 nitrogen and oxygen atoms in total. The van der Waals surface area contributed by atoms with Crippen LogP contribution in [0.25, 0.3) is 0 Å². The van der Waals surface area contributed by atoms with E-state index < -0.39 is 6.10 Å². The summed E-state index contributed by atoms with van der Waals surface area (Å²) < 4.78 is 10.7. The minimum absolute atomic E-state index is 0.0194. The second-order valence-electron chi connectivity index (χ2n) is 4.86. The molecule has 0 aliphatic carbocycles. The third-order valence-electron chi connectivity index (χ3n) is 3.34. The van der Waals surface area contributed by atoms with E-state index in [0.29, 0.717) is 31.8 Å². The molecular formula is C15H20N2O4. The summed E-state index contributed by atoms with van der Waals surface area (Å²) in [5.41, 5.74) is 0. The minimum Gasteiger partial charge on any atom is -0.497 e. The average Bonchev–Trinajstić information content (AvgIpc) is 2.72. The predicted octanol–water partition coefficient (Wildman–Crippen LogP) is 0.811. The lowest BCUT2D eigenvalue weighted by Crippen LogP contribution is -2.42. The Bertz CT molecular complexity index is 501. The largest absolute Gasteiger partial charge is 0.497 e. The molecule has 2 amide bonds. The van der Waals surface area contributed by atoms with Gasteiger partial charge in [-0.2, -0.15) is 0 Å². The van der Waals surface area contributed by atoms with E-state index in [1.54, 1.807) is 43.2 Å². The van der Waals surface area contributed by atoms with Crippen LogP contribution in [0, 0.1) is 0 Å². The van der Waals surface area contributed by atoms with E-state index in [0.717, 1.165) is 5.75 Å². The highest BCUT2D eigenvalue weighted by molar-refractivity contribution is 5.83. The Balaban J connectivity index is 1.93. The molecule has 1 aliphatic heterocycles. The normalized spacial score (nSPS) is 16.7. The fourth-order valence-corrected chi connectivity index (χ4v) is 2.15. The number of amides is 2. The molecular weight excluding hydrogens is 272 g/mol. The molecule has 1 atom stereocenters. The minimum atomic E-state index is -0.591. The number of benzene rings is 1. The molecule has 0 bridgehead atoms. The quantitative estimate of drug-likeness (QED) is 0.892. The van der Waals surface area contributed by atoms with Gasteiger partial charge in [0.2, 0.25) is 5.91 Å². The maximum Gasteiger partial charge on any atom is 0.263 e. The number of hydrogen-bond acceptors (Lipinski definition) is 4. The highest BCUT2D eigenvalue weighted by Crippen LogP contribution is 2.18. The lowest BCUT2D eigenvalue weighted by atomic mass is 10.3. The van der Waals surface area contributed by atoms with Gasteiger partial charge in [0.25, 0.3) is 5.91 Å². The topological polar surface area (TPSA) is 67.9 Å². The standard InChI is InChI=1S/C15H20N2O4/c1-11(21-13-5-3-12(20-2)4-6-13)15(19)17-9-7-14(18)16-8-10-17/h3-6,11H,7-10H2,1-2H3,(H,16,18). The molecule has 1 aliphatic rings. The summed E-state index contributed by atoms with van der Waals surface area (Å²) in [5.74, 6) is 1.22. The molecule has 0 spiro atoms. The lowest BCUT2D eigenvalue weighted by molar-refractivity contribution is -0.137. The number of carbonyl (C=O) groups is 2. The average molecular weight is 292 g/mol. The maximum absolute atomic E-state index is 12.3. The molecule has 21 heavy (non-hydrogen) atoms. The molecule has 1 N–H and O–H groups in total. The highest BCUT2D eigenvalue weighted by Gasteiger charge is 2.24. The first-order chi connectivity index (χ1) is 10.1. The Labute approximate surface area is 124 Å². The van der Waals surface area contributed by atoms with Gasteiger partial charge < -0.3 is 19.7 Å². The van der Waals surface area contributed by atoms with Crippen molar-refractivity contribution in [1.29, 1.82) is 0 Å². The maximum atomic E-state index is 12.3. The van der Waals surface area contributed by atoms with E-state index in [1.807, 2.05) is 0 Å². The monoisotopic (exact) mass is 292 g/mol. The number of carbonyl (C=O) groups excluding carboxylic acids is 2. The number of rotatable bonds is 4. The Kier molecular flexibility index (Phi) is 5.03. The van der Waals surface area contributed by atoms with Gasteiger partial charge in [-0.05, 0) is 31.2 Å². The van der Waals surface area contributed by atoms with Gasteiger partial charge in [-0.3, -0.25) is 9.59 Å². The fourth-order valence-electron chi connectivity index (χ4n) is 2.15. The van der Waals surface area contributed by atoms with Crippen molar-refractivity contribution in [3.8, 4) is 11.5 Å². The molecule has 1 heterocycles. The van der Waals surface area contributed by atoms with Gasteiger partial charge in [-0.15, -0.1) is 0 Å². The molecule has 0 saturated carbocycles. The third kappa shape index (κ3) is 4.11. The Morgan fingerprint density at radius 3 is 2.57 bits per heavy atom. The molecule has 0 radical (unpaired) electrons. The molecule has 1 aromatic rings. The van der Waals surface area contributed by atoms with Crippen molar-refractivity contribution in [2.24, 2.45) is 0 Å². The molecule has 1 fully saturated rings. The predicted molar refractivity (Wildman–Crippen MR) is 77.3 cm³/mol. The SMILES string of the molecule is COc1ccc(OC(C)C(=O)N2CCNC(=O)CC2)cc1. The lowest BCUT2D eigenvalue weighted by Gasteiger charge is -2.24. The zero-order valence-electron chi connectivity index (χ0n) is 12.3. The van der Waals surface area contributed by atoms with Crippen molar-refractivity contribution in [1.82, 2.24) is 10.2 Å². The van der Waals surface area contributed by atoms with Gasteiger partial charge in [-0.25, -0.2) is 0 Å². The van der Waals surface area contributed by atoms with Crippen LogP contribution in [-0.2, 0) is 9.59 Å². The van der Waals surface area contributed by atoms with Crippen LogP contribution in [0.1, 0.15) is 13.3 Å². The van der Waals surface area contributed by atoms with E-state index in [2.05, 4.69) is 5.32 Å². The van der Waals surface area contributed by atoms with Crippen molar-refractivity contribution in [2.75, 3.05) is 26.7 Å². The van der Waals surface area contributed by atoms with Crippen LogP contribution in [-0.4, -0.2) is 49.6 Å². The van der Waals surface area contributed by atoms with Gasteiger partial charge in [0.1, 0.15) is 11.5 Å². The van der Waals surface area contributed by atoms with Crippen molar-refractivity contribution in [3.63, 3.8) is 0 Å². The summed E-state index contributed by atoms with van der Waals surface area (Å²) in [6.45, 7) is 3.15. The summed E-state index contributed by atoms with van der Waals surface area (Å²) >= 11 is 0. The molecule has 2 rings (SSSR count). The van der Waals surface area contributed by atoms with Crippen molar-refractivity contribution < 1.29 is 19.1 Å². The molecule has 1 saturated heterocycles. The fraction of sp³-hybridized carbons (Fsp3) is 0.467. The van der Waals surface area contributed by atoms with Gasteiger partial charge >= 0.3 is 0 Å². The third-order valence-corrected chi connectivity index (χ3v) is 3.34. The summed E-state index contributed by atoms with van der Waals surface area (Å²) in [5, 5.41) is 2.74. The van der Waals surface area contributed by atoms with Gasteiger partial charge in [-0.1, -0.05) is 0 Å². The van der Waals surface area contributed by atoms with Crippen molar-refractivity contribution in [2.45, 2.75) is 19.4 Å². The summed E-state index contributed by atoms with van der Waals surface area (Å²) in [7, 11) is 1.59. The van der Waals surface area contributed by atoms with E-state index in [4.69, 9.17) is 9.47 Å². The Morgan fingerprint density at radius 1 is 1.24 bits per heavy atom.